The van der Waals surface area contributed by atoms with Crippen molar-refractivity contribution in [2.24, 2.45) is 0 Å². The minimum atomic E-state index is -1.30. The molecule has 0 aliphatic rings. The molecule has 1 aromatic heterocycles. The summed E-state index contributed by atoms with van der Waals surface area (Å²) in [6, 6.07) is 16.3. The summed E-state index contributed by atoms with van der Waals surface area (Å²) in [6.07, 6.45) is 0. The van der Waals surface area contributed by atoms with Crippen molar-refractivity contribution in [1.29, 1.82) is 0 Å². The lowest BCUT2D eigenvalue weighted by atomic mass is 10.1. The number of aliphatic carboxylic acids is 1. The molecule has 1 heterocycles. The van der Waals surface area contributed by atoms with Gasteiger partial charge in [0.25, 0.3) is 0 Å². The molecule has 0 atom stereocenters. The summed E-state index contributed by atoms with van der Waals surface area (Å²) < 4.78 is 12.2. The highest BCUT2D eigenvalue weighted by Crippen LogP contribution is 2.27. The standard InChI is InChI=1S/C19H16BrNO4/c1-19(2,18(22)23)25-15-8-6-14(7-9-15)24-17-10-4-12-3-5-13(20)11-16(12)21-17/h3-11H,1-2H3,(H,22,23). The van der Waals surface area contributed by atoms with Gasteiger partial charge in [0, 0.05) is 15.9 Å². The Kier molecular flexibility index (Phi) is 4.63. The van der Waals surface area contributed by atoms with Crippen LogP contribution in [-0.2, 0) is 4.79 Å². The van der Waals surface area contributed by atoms with E-state index in [0.29, 0.717) is 17.4 Å². The van der Waals surface area contributed by atoms with Gasteiger partial charge in [-0.25, -0.2) is 9.78 Å². The second-order valence-corrected chi connectivity index (χ2v) is 6.89. The first-order valence-electron chi connectivity index (χ1n) is 7.60. The van der Waals surface area contributed by atoms with Crippen LogP contribution in [0.15, 0.2) is 59.1 Å². The predicted octanol–water partition coefficient (Wildman–Crippen LogP) is 5.03. The molecule has 128 valence electrons. The Morgan fingerprint density at radius 1 is 1.04 bits per heavy atom. The SMILES string of the molecule is CC(C)(Oc1ccc(Oc2ccc3ccc(Br)cc3n2)cc1)C(=O)O. The van der Waals surface area contributed by atoms with Crippen LogP contribution in [-0.4, -0.2) is 21.7 Å². The largest absolute Gasteiger partial charge is 0.478 e. The fourth-order valence-electron chi connectivity index (χ4n) is 2.16. The molecule has 0 saturated heterocycles. The Labute approximate surface area is 153 Å². The predicted molar refractivity (Wildman–Crippen MR) is 98.3 cm³/mol. The Hall–Kier alpha value is -2.60. The second-order valence-electron chi connectivity index (χ2n) is 5.98. The molecular weight excluding hydrogens is 386 g/mol. The van der Waals surface area contributed by atoms with Gasteiger partial charge in [-0.05, 0) is 56.3 Å². The van der Waals surface area contributed by atoms with Crippen molar-refractivity contribution in [2.75, 3.05) is 0 Å². The number of hydrogen-bond acceptors (Lipinski definition) is 4. The van der Waals surface area contributed by atoms with Crippen molar-refractivity contribution in [1.82, 2.24) is 4.98 Å². The lowest BCUT2D eigenvalue weighted by Crippen LogP contribution is -2.37. The number of benzene rings is 2. The topological polar surface area (TPSA) is 68.7 Å². The second kappa shape index (κ2) is 6.72. The molecule has 6 heteroatoms. The van der Waals surface area contributed by atoms with E-state index in [1.165, 1.54) is 13.8 Å². The van der Waals surface area contributed by atoms with Crippen molar-refractivity contribution in [3.05, 3.63) is 59.1 Å². The first kappa shape index (κ1) is 17.2. The minimum absolute atomic E-state index is 0.454. The Morgan fingerprint density at radius 2 is 1.68 bits per heavy atom. The van der Waals surface area contributed by atoms with Gasteiger partial charge < -0.3 is 14.6 Å². The monoisotopic (exact) mass is 401 g/mol. The van der Waals surface area contributed by atoms with E-state index in [4.69, 9.17) is 14.6 Å². The van der Waals surface area contributed by atoms with E-state index in [9.17, 15) is 4.79 Å². The molecule has 0 aliphatic carbocycles. The number of carboxylic acids is 1. The lowest BCUT2D eigenvalue weighted by molar-refractivity contribution is -0.152. The van der Waals surface area contributed by atoms with Gasteiger partial charge in [0.1, 0.15) is 11.5 Å². The van der Waals surface area contributed by atoms with E-state index < -0.39 is 11.6 Å². The van der Waals surface area contributed by atoms with Gasteiger partial charge in [0.2, 0.25) is 5.88 Å². The third kappa shape index (κ3) is 4.09. The number of halogens is 1. The fraction of sp³-hybridized carbons (Fsp3) is 0.158. The van der Waals surface area contributed by atoms with Crippen LogP contribution in [0.3, 0.4) is 0 Å². The van der Waals surface area contributed by atoms with E-state index in [-0.39, 0.29) is 0 Å². The van der Waals surface area contributed by atoms with Crippen LogP contribution in [0.25, 0.3) is 10.9 Å². The summed E-state index contributed by atoms with van der Waals surface area (Å²) in [7, 11) is 0. The Bertz CT molecular complexity index is 922. The summed E-state index contributed by atoms with van der Waals surface area (Å²) in [5, 5.41) is 10.1. The number of ether oxygens (including phenoxy) is 2. The maximum atomic E-state index is 11.1. The maximum absolute atomic E-state index is 11.1. The highest BCUT2D eigenvalue weighted by Gasteiger charge is 2.29. The molecule has 0 amide bonds. The number of pyridine rings is 1. The Morgan fingerprint density at radius 3 is 2.36 bits per heavy atom. The van der Waals surface area contributed by atoms with Gasteiger partial charge in [-0.3, -0.25) is 0 Å². The van der Waals surface area contributed by atoms with E-state index in [1.54, 1.807) is 30.3 Å². The smallest absolute Gasteiger partial charge is 0.347 e. The van der Waals surface area contributed by atoms with E-state index >= 15 is 0 Å². The van der Waals surface area contributed by atoms with Gasteiger partial charge in [0.05, 0.1) is 5.52 Å². The van der Waals surface area contributed by atoms with Crippen molar-refractivity contribution >= 4 is 32.8 Å². The van der Waals surface area contributed by atoms with Crippen LogP contribution in [0, 0.1) is 0 Å². The zero-order valence-electron chi connectivity index (χ0n) is 13.7. The molecule has 3 rings (SSSR count). The van der Waals surface area contributed by atoms with Crippen LogP contribution in [0.5, 0.6) is 17.4 Å². The van der Waals surface area contributed by atoms with Crippen LogP contribution >= 0.6 is 15.9 Å². The molecule has 2 aromatic carbocycles. The summed E-state index contributed by atoms with van der Waals surface area (Å²) >= 11 is 3.43. The molecule has 0 saturated carbocycles. The van der Waals surface area contributed by atoms with Crippen molar-refractivity contribution in [2.45, 2.75) is 19.4 Å². The van der Waals surface area contributed by atoms with E-state index in [0.717, 1.165) is 15.4 Å². The van der Waals surface area contributed by atoms with E-state index in [1.807, 2.05) is 24.3 Å². The van der Waals surface area contributed by atoms with E-state index in [2.05, 4.69) is 20.9 Å². The average molecular weight is 402 g/mol. The third-order valence-electron chi connectivity index (χ3n) is 3.56. The molecule has 1 N–H and O–H groups in total. The summed E-state index contributed by atoms with van der Waals surface area (Å²) in [5.74, 6) is 0.488. The first-order chi connectivity index (χ1) is 11.8. The third-order valence-corrected chi connectivity index (χ3v) is 4.06. The fourth-order valence-corrected chi connectivity index (χ4v) is 2.51. The maximum Gasteiger partial charge on any atom is 0.347 e. The normalized spacial score (nSPS) is 11.3. The van der Waals surface area contributed by atoms with Gasteiger partial charge in [-0.1, -0.05) is 22.0 Å². The summed E-state index contributed by atoms with van der Waals surface area (Å²) in [4.78, 5) is 15.6. The van der Waals surface area contributed by atoms with Crippen molar-refractivity contribution in [3.8, 4) is 17.4 Å². The number of hydrogen-bond donors (Lipinski definition) is 1. The zero-order chi connectivity index (χ0) is 18.0. The van der Waals surface area contributed by atoms with Gasteiger partial charge in [-0.2, -0.15) is 0 Å². The zero-order valence-corrected chi connectivity index (χ0v) is 15.3. The molecule has 0 spiro atoms. The average Bonchev–Trinajstić information content (AvgIpc) is 2.56. The van der Waals surface area contributed by atoms with Gasteiger partial charge in [-0.15, -0.1) is 0 Å². The number of nitrogens with zero attached hydrogens (tertiary/aromatic N) is 1. The number of carbonyl (C=O) groups is 1. The molecule has 0 fully saturated rings. The minimum Gasteiger partial charge on any atom is -0.478 e. The van der Waals surface area contributed by atoms with Crippen molar-refractivity contribution < 1.29 is 19.4 Å². The quantitative estimate of drug-likeness (QED) is 0.648. The highest BCUT2D eigenvalue weighted by atomic mass is 79.9. The molecule has 3 aromatic rings. The highest BCUT2D eigenvalue weighted by molar-refractivity contribution is 9.10. The lowest BCUT2D eigenvalue weighted by Gasteiger charge is -2.21. The molecular formula is C19H16BrNO4. The number of carboxylic acid groups (broad SMARTS) is 1. The molecule has 0 aliphatic heterocycles. The van der Waals surface area contributed by atoms with Crippen LogP contribution < -0.4 is 9.47 Å². The Balaban J connectivity index is 1.76. The molecule has 25 heavy (non-hydrogen) atoms. The van der Waals surface area contributed by atoms with Crippen LogP contribution in [0.4, 0.5) is 0 Å². The van der Waals surface area contributed by atoms with Crippen molar-refractivity contribution in [3.63, 3.8) is 0 Å². The number of rotatable bonds is 5. The van der Waals surface area contributed by atoms with Gasteiger partial charge in [0.15, 0.2) is 5.60 Å². The summed E-state index contributed by atoms with van der Waals surface area (Å²) in [6.45, 7) is 2.99. The number of aromatic nitrogens is 1. The first-order valence-corrected chi connectivity index (χ1v) is 8.39. The summed E-state index contributed by atoms with van der Waals surface area (Å²) in [5.41, 5.74) is -0.467. The molecule has 0 unspecified atom stereocenters. The molecule has 0 radical (unpaired) electrons. The van der Waals surface area contributed by atoms with Gasteiger partial charge >= 0.3 is 5.97 Å². The number of fused-ring (bicyclic) bond motifs is 1. The molecule has 5 nitrogen and oxygen atoms in total. The van der Waals surface area contributed by atoms with Crippen LogP contribution in [0.1, 0.15) is 13.8 Å². The van der Waals surface area contributed by atoms with Crippen LogP contribution in [0.2, 0.25) is 0 Å². The molecule has 0 bridgehead atoms.